The van der Waals surface area contributed by atoms with Gasteiger partial charge in [0.2, 0.25) is 11.8 Å². The molecule has 0 aliphatic heterocycles. The number of carbonyl (C=O) groups is 2. The van der Waals surface area contributed by atoms with Gasteiger partial charge in [0.15, 0.2) is 0 Å². The van der Waals surface area contributed by atoms with Crippen molar-refractivity contribution in [2.24, 2.45) is 0 Å². The van der Waals surface area contributed by atoms with Crippen LogP contribution in [-0.4, -0.2) is 28.6 Å². The second-order valence-electron chi connectivity index (χ2n) is 3.38. The minimum atomic E-state index is -0.221. The summed E-state index contributed by atoms with van der Waals surface area (Å²) >= 11 is 10.9. The zero-order valence-corrected chi connectivity index (χ0v) is 11.1. The average molecular weight is 290 g/mol. The summed E-state index contributed by atoms with van der Waals surface area (Å²) < 4.78 is 0. The number of aromatic nitrogens is 1. The molecule has 0 fully saturated rings. The predicted octanol–water partition coefficient (Wildman–Crippen LogP) is 2.22. The molecule has 2 amide bonds. The van der Waals surface area contributed by atoms with Gasteiger partial charge in [-0.1, -0.05) is 6.07 Å². The van der Waals surface area contributed by atoms with Crippen LogP contribution in [0.5, 0.6) is 0 Å². The Hall–Kier alpha value is -1.33. The fourth-order valence-corrected chi connectivity index (χ4v) is 1.50. The van der Waals surface area contributed by atoms with Crippen molar-refractivity contribution in [2.45, 2.75) is 12.8 Å². The van der Waals surface area contributed by atoms with E-state index in [-0.39, 0.29) is 36.4 Å². The Morgan fingerprint density at radius 1 is 1.00 bits per heavy atom. The molecule has 1 aromatic rings. The molecule has 0 saturated heterocycles. The first kappa shape index (κ1) is 14.7. The van der Waals surface area contributed by atoms with Gasteiger partial charge in [0.25, 0.3) is 0 Å². The van der Waals surface area contributed by atoms with E-state index in [0.29, 0.717) is 11.6 Å². The summed E-state index contributed by atoms with van der Waals surface area (Å²) in [7, 11) is 0. The van der Waals surface area contributed by atoms with Crippen LogP contribution in [0.4, 0.5) is 11.6 Å². The van der Waals surface area contributed by atoms with Gasteiger partial charge in [0.05, 0.1) is 0 Å². The summed E-state index contributed by atoms with van der Waals surface area (Å²) in [5.74, 6) is 0.793. The van der Waals surface area contributed by atoms with Gasteiger partial charge in [-0.3, -0.25) is 9.59 Å². The molecule has 1 aromatic heterocycles. The van der Waals surface area contributed by atoms with E-state index in [4.69, 9.17) is 23.2 Å². The molecular weight excluding hydrogens is 277 g/mol. The summed E-state index contributed by atoms with van der Waals surface area (Å²) in [5.41, 5.74) is 0. The first-order chi connectivity index (χ1) is 8.65. The molecule has 0 unspecified atom stereocenters. The monoisotopic (exact) mass is 289 g/mol. The lowest BCUT2D eigenvalue weighted by molar-refractivity contribution is -0.116. The number of rotatable bonds is 6. The van der Waals surface area contributed by atoms with Crippen LogP contribution in [-0.2, 0) is 9.59 Å². The number of anilines is 2. The topological polar surface area (TPSA) is 71.1 Å². The maximum atomic E-state index is 11.3. The Labute approximate surface area is 115 Å². The quantitative estimate of drug-likeness (QED) is 0.789. The van der Waals surface area contributed by atoms with Crippen LogP contribution in [0.2, 0.25) is 0 Å². The van der Waals surface area contributed by atoms with Gasteiger partial charge in [-0.25, -0.2) is 4.98 Å². The van der Waals surface area contributed by atoms with E-state index in [1.165, 1.54) is 0 Å². The van der Waals surface area contributed by atoms with Crippen LogP contribution < -0.4 is 10.6 Å². The molecule has 1 heterocycles. The zero-order chi connectivity index (χ0) is 13.4. The van der Waals surface area contributed by atoms with E-state index in [1.54, 1.807) is 18.2 Å². The molecule has 18 heavy (non-hydrogen) atoms. The average Bonchev–Trinajstić information content (AvgIpc) is 2.29. The standard InChI is InChI=1S/C11H13Cl2N3O2/c12-6-4-10(17)15-8-2-1-3-9(14-8)16-11(18)5-7-13/h1-3H,4-7H2,(H2,14,15,16,17,18). The minimum absolute atomic E-state index is 0.214. The Bertz CT molecular complexity index is 391. The molecule has 0 bridgehead atoms. The van der Waals surface area contributed by atoms with Crippen molar-refractivity contribution < 1.29 is 9.59 Å². The summed E-state index contributed by atoms with van der Waals surface area (Å²) in [6.07, 6.45) is 0.429. The van der Waals surface area contributed by atoms with Gasteiger partial charge in [-0.2, -0.15) is 0 Å². The zero-order valence-electron chi connectivity index (χ0n) is 9.58. The molecule has 0 radical (unpaired) electrons. The molecule has 0 atom stereocenters. The number of pyridine rings is 1. The van der Waals surface area contributed by atoms with Gasteiger partial charge in [-0.15, -0.1) is 23.2 Å². The largest absolute Gasteiger partial charge is 0.311 e. The molecule has 0 aromatic carbocycles. The van der Waals surface area contributed by atoms with Crippen molar-refractivity contribution in [3.8, 4) is 0 Å². The summed E-state index contributed by atoms with van der Waals surface area (Å²) in [6.45, 7) is 0. The van der Waals surface area contributed by atoms with E-state index in [0.717, 1.165) is 0 Å². The van der Waals surface area contributed by atoms with Crippen LogP contribution in [0, 0.1) is 0 Å². The van der Waals surface area contributed by atoms with Crippen molar-refractivity contribution in [3.63, 3.8) is 0 Å². The lowest BCUT2D eigenvalue weighted by atomic mass is 10.4. The van der Waals surface area contributed by atoms with Crippen LogP contribution in [0.15, 0.2) is 18.2 Å². The molecule has 0 aliphatic rings. The van der Waals surface area contributed by atoms with E-state index in [1.807, 2.05) is 0 Å². The van der Waals surface area contributed by atoms with E-state index >= 15 is 0 Å². The molecule has 1 rings (SSSR count). The second kappa shape index (κ2) is 7.89. The Kier molecular flexibility index (Phi) is 6.46. The molecule has 0 saturated carbocycles. The van der Waals surface area contributed by atoms with Crippen molar-refractivity contribution in [1.29, 1.82) is 0 Å². The Balaban J connectivity index is 2.61. The number of amides is 2. The number of hydrogen-bond acceptors (Lipinski definition) is 3. The molecule has 98 valence electrons. The minimum Gasteiger partial charge on any atom is -0.311 e. The highest BCUT2D eigenvalue weighted by Crippen LogP contribution is 2.10. The third-order valence-corrected chi connectivity index (χ3v) is 2.31. The highest BCUT2D eigenvalue weighted by molar-refractivity contribution is 6.19. The smallest absolute Gasteiger partial charge is 0.226 e. The van der Waals surface area contributed by atoms with E-state index in [9.17, 15) is 9.59 Å². The number of hydrogen-bond donors (Lipinski definition) is 2. The molecule has 0 aliphatic carbocycles. The van der Waals surface area contributed by atoms with Gasteiger partial charge >= 0.3 is 0 Å². The first-order valence-corrected chi connectivity index (χ1v) is 6.41. The SMILES string of the molecule is O=C(CCCl)Nc1cccc(NC(=O)CCCl)n1. The molecule has 7 heteroatoms. The van der Waals surface area contributed by atoms with Crippen LogP contribution >= 0.6 is 23.2 Å². The maximum Gasteiger partial charge on any atom is 0.226 e. The summed E-state index contributed by atoms with van der Waals surface area (Å²) in [4.78, 5) is 26.7. The third kappa shape index (κ3) is 5.33. The van der Waals surface area contributed by atoms with E-state index < -0.39 is 0 Å². The van der Waals surface area contributed by atoms with Gasteiger partial charge in [-0.05, 0) is 12.1 Å². The summed E-state index contributed by atoms with van der Waals surface area (Å²) in [5, 5.41) is 5.15. The fourth-order valence-electron chi connectivity index (χ4n) is 1.16. The number of nitrogens with zero attached hydrogens (tertiary/aromatic N) is 1. The van der Waals surface area contributed by atoms with Crippen molar-refractivity contribution in [1.82, 2.24) is 4.98 Å². The maximum absolute atomic E-state index is 11.3. The van der Waals surface area contributed by atoms with Crippen LogP contribution in [0.3, 0.4) is 0 Å². The third-order valence-electron chi connectivity index (χ3n) is 1.93. The highest BCUT2D eigenvalue weighted by atomic mass is 35.5. The number of alkyl halides is 2. The number of halogens is 2. The Morgan fingerprint density at radius 2 is 1.44 bits per heavy atom. The Morgan fingerprint density at radius 3 is 1.83 bits per heavy atom. The van der Waals surface area contributed by atoms with Gasteiger partial charge < -0.3 is 10.6 Å². The lowest BCUT2D eigenvalue weighted by Gasteiger charge is -2.06. The van der Waals surface area contributed by atoms with Gasteiger partial charge in [0, 0.05) is 24.6 Å². The predicted molar refractivity (Wildman–Crippen MR) is 72.2 cm³/mol. The van der Waals surface area contributed by atoms with Crippen molar-refractivity contribution in [2.75, 3.05) is 22.4 Å². The first-order valence-electron chi connectivity index (χ1n) is 5.34. The molecular formula is C11H13Cl2N3O2. The summed E-state index contributed by atoms with van der Waals surface area (Å²) in [6, 6.07) is 4.94. The van der Waals surface area contributed by atoms with E-state index in [2.05, 4.69) is 15.6 Å². The second-order valence-corrected chi connectivity index (χ2v) is 4.14. The number of nitrogens with one attached hydrogen (secondary N) is 2. The van der Waals surface area contributed by atoms with Crippen LogP contribution in [0.25, 0.3) is 0 Å². The normalized spacial score (nSPS) is 9.89. The van der Waals surface area contributed by atoms with Crippen molar-refractivity contribution >= 4 is 46.7 Å². The van der Waals surface area contributed by atoms with Crippen LogP contribution in [0.1, 0.15) is 12.8 Å². The molecule has 2 N–H and O–H groups in total. The molecule has 0 spiro atoms. The highest BCUT2D eigenvalue weighted by Gasteiger charge is 2.05. The molecule has 5 nitrogen and oxygen atoms in total. The van der Waals surface area contributed by atoms with Crippen molar-refractivity contribution in [3.05, 3.63) is 18.2 Å². The van der Waals surface area contributed by atoms with Gasteiger partial charge in [0.1, 0.15) is 11.6 Å². The lowest BCUT2D eigenvalue weighted by Crippen LogP contribution is -2.15. The number of carbonyl (C=O) groups excluding carboxylic acids is 2. The fraction of sp³-hybridized carbons (Fsp3) is 0.364.